The zero-order valence-electron chi connectivity index (χ0n) is 14.6. The molecule has 3 aromatic rings. The highest BCUT2D eigenvalue weighted by atomic mass is 32.1. The third-order valence-corrected chi connectivity index (χ3v) is 5.06. The van der Waals surface area contributed by atoms with Crippen molar-refractivity contribution in [3.8, 4) is 0 Å². The molecule has 0 spiro atoms. The molecular weight excluding hydrogens is 373 g/mol. The number of hydrogen-bond acceptors (Lipinski definition) is 6. The van der Waals surface area contributed by atoms with Crippen LogP contribution >= 0.6 is 11.3 Å². The Morgan fingerprint density at radius 1 is 1.19 bits per heavy atom. The number of rotatable bonds is 6. The average molecular weight is 389 g/mol. The zero-order valence-corrected chi connectivity index (χ0v) is 15.4. The highest BCUT2D eigenvalue weighted by molar-refractivity contribution is 7.21. The van der Waals surface area contributed by atoms with Crippen LogP contribution in [0, 0.1) is 5.82 Å². The van der Waals surface area contributed by atoms with Crippen molar-refractivity contribution in [3.05, 3.63) is 58.0 Å². The normalized spacial score (nSPS) is 10.8. The van der Waals surface area contributed by atoms with Crippen LogP contribution in [0.3, 0.4) is 0 Å². The Balaban J connectivity index is 1.90. The van der Waals surface area contributed by atoms with E-state index in [4.69, 9.17) is 9.47 Å². The van der Waals surface area contributed by atoms with Crippen LogP contribution < -0.4 is 0 Å². The van der Waals surface area contributed by atoms with Gasteiger partial charge in [-0.15, -0.1) is 11.3 Å². The first-order chi connectivity index (χ1) is 12.9. The lowest BCUT2D eigenvalue weighted by Gasteiger charge is -2.06. The summed E-state index contributed by atoms with van der Waals surface area (Å²) in [6.45, 7) is 2.92. The van der Waals surface area contributed by atoms with Gasteiger partial charge in [-0.25, -0.2) is 14.0 Å². The summed E-state index contributed by atoms with van der Waals surface area (Å²) < 4.78 is 25.1. The number of thiophene rings is 1. The molecule has 2 heterocycles. The van der Waals surface area contributed by atoms with Crippen LogP contribution in [0.2, 0.25) is 0 Å². The number of H-pyrrole nitrogens is 1. The third-order valence-electron chi connectivity index (χ3n) is 3.88. The van der Waals surface area contributed by atoms with Crippen molar-refractivity contribution in [1.82, 2.24) is 4.98 Å². The van der Waals surface area contributed by atoms with Crippen LogP contribution in [0.1, 0.15) is 49.9 Å². The Morgan fingerprint density at radius 3 is 2.63 bits per heavy atom. The molecule has 0 radical (unpaired) electrons. The number of benzene rings is 1. The van der Waals surface area contributed by atoms with E-state index in [0.717, 1.165) is 11.3 Å². The van der Waals surface area contributed by atoms with Gasteiger partial charge in [-0.3, -0.25) is 4.79 Å². The van der Waals surface area contributed by atoms with E-state index < -0.39 is 17.8 Å². The van der Waals surface area contributed by atoms with Crippen LogP contribution in [-0.4, -0.2) is 29.3 Å². The number of esters is 2. The first kappa shape index (κ1) is 18.8. The standard InChI is InChI=1S/C19H16FNO5S/c1-3-25-19(24)17-12(16-13(20)5-4-6-15(16)27-17)9-26-18(23)14-7-11(8-21-14)10(2)22/h4-8,21H,3,9H2,1-2H3. The molecule has 1 N–H and O–H groups in total. The number of aromatic nitrogens is 1. The average Bonchev–Trinajstić information content (AvgIpc) is 3.26. The van der Waals surface area contributed by atoms with Gasteiger partial charge in [0, 0.05) is 27.4 Å². The fourth-order valence-electron chi connectivity index (χ4n) is 2.60. The van der Waals surface area contributed by atoms with Crippen LogP contribution in [0.5, 0.6) is 0 Å². The van der Waals surface area contributed by atoms with Gasteiger partial charge in [0.15, 0.2) is 5.78 Å². The molecule has 0 saturated heterocycles. The van der Waals surface area contributed by atoms with Crippen LogP contribution in [0.4, 0.5) is 4.39 Å². The van der Waals surface area contributed by atoms with Gasteiger partial charge in [-0.05, 0) is 32.0 Å². The van der Waals surface area contributed by atoms with Gasteiger partial charge in [-0.2, -0.15) is 0 Å². The lowest BCUT2D eigenvalue weighted by atomic mass is 10.1. The molecule has 0 bridgehead atoms. The highest BCUT2D eigenvalue weighted by Crippen LogP contribution is 2.34. The van der Waals surface area contributed by atoms with Crippen molar-refractivity contribution >= 4 is 39.1 Å². The Hall–Kier alpha value is -3.00. The second-order valence-electron chi connectivity index (χ2n) is 5.68. The van der Waals surface area contributed by atoms with E-state index in [-0.39, 0.29) is 40.5 Å². The van der Waals surface area contributed by atoms with Gasteiger partial charge in [0.2, 0.25) is 0 Å². The SMILES string of the molecule is CCOC(=O)c1sc2cccc(F)c2c1COC(=O)c1cc(C(C)=O)c[nH]1. The fraction of sp³-hybridized carbons (Fsp3) is 0.211. The maximum atomic E-state index is 14.3. The van der Waals surface area contributed by atoms with Crippen LogP contribution in [0.15, 0.2) is 30.5 Å². The number of fused-ring (bicyclic) bond motifs is 1. The van der Waals surface area contributed by atoms with Crippen molar-refractivity contribution in [2.45, 2.75) is 20.5 Å². The third kappa shape index (κ3) is 3.75. The van der Waals surface area contributed by atoms with Crippen LogP contribution in [-0.2, 0) is 16.1 Å². The Kier molecular flexibility index (Phi) is 5.36. The number of ether oxygens (including phenoxy) is 2. The van der Waals surface area contributed by atoms with E-state index in [9.17, 15) is 18.8 Å². The molecular formula is C19H16FNO5S. The molecule has 0 unspecified atom stereocenters. The molecule has 0 aliphatic carbocycles. The first-order valence-electron chi connectivity index (χ1n) is 8.15. The number of halogens is 1. The molecule has 0 atom stereocenters. The molecule has 0 saturated carbocycles. The molecule has 0 aliphatic rings. The van der Waals surface area contributed by atoms with E-state index in [1.165, 1.54) is 25.3 Å². The predicted octanol–water partition coefficient (Wildman–Crippen LogP) is 4.10. The van der Waals surface area contributed by atoms with E-state index in [1.54, 1.807) is 19.1 Å². The highest BCUT2D eigenvalue weighted by Gasteiger charge is 2.23. The number of hydrogen-bond donors (Lipinski definition) is 1. The summed E-state index contributed by atoms with van der Waals surface area (Å²) in [6, 6.07) is 5.88. The summed E-state index contributed by atoms with van der Waals surface area (Å²) in [5.41, 5.74) is 0.706. The van der Waals surface area contributed by atoms with Crippen molar-refractivity contribution in [2.75, 3.05) is 6.61 Å². The molecule has 3 rings (SSSR count). The predicted molar refractivity (Wildman–Crippen MR) is 97.7 cm³/mol. The monoisotopic (exact) mass is 389 g/mol. The van der Waals surface area contributed by atoms with Gasteiger partial charge < -0.3 is 14.5 Å². The number of carbonyl (C=O) groups excluding carboxylic acids is 3. The molecule has 0 amide bonds. The number of Topliss-reactive ketones (excluding diaryl/α,β-unsaturated/α-hetero) is 1. The van der Waals surface area contributed by atoms with E-state index in [2.05, 4.69) is 4.98 Å². The number of aromatic amines is 1. The summed E-state index contributed by atoms with van der Waals surface area (Å²) in [5.74, 6) is -2.01. The molecule has 140 valence electrons. The summed E-state index contributed by atoms with van der Waals surface area (Å²) in [5, 5.41) is 0.231. The van der Waals surface area contributed by atoms with Gasteiger partial charge in [0.1, 0.15) is 23.0 Å². The quantitative estimate of drug-likeness (QED) is 0.507. The Morgan fingerprint density at radius 2 is 1.96 bits per heavy atom. The van der Waals surface area contributed by atoms with Crippen molar-refractivity contribution < 1.29 is 28.2 Å². The summed E-state index contributed by atoms with van der Waals surface area (Å²) in [4.78, 5) is 38.6. The van der Waals surface area contributed by atoms with E-state index in [1.807, 2.05) is 0 Å². The topological polar surface area (TPSA) is 85.5 Å². The molecule has 0 fully saturated rings. The maximum absolute atomic E-state index is 14.3. The Labute approximate surface area is 157 Å². The lowest BCUT2D eigenvalue weighted by molar-refractivity contribution is 0.0449. The maximum Gasteiger partial charge on any atom is 0.355 e. The number of nitrogens with one attached hydrogen (secondary N) is 1. The molecule has 2 aromatic heterocycles. The second-order valence-corrected chi connectivity index (χ2v) is 6.73. The van der Waals surface area contributed by atoms with Crippen LogP contribution in [0.25, 0.3) is 10.1 Å². The first-order valence-corrected chi connectivity index (χ1v) is 8.97. The Bertz CT molecular complexity index is 1040. The minimum Gasteiger partial charge on any atom is -0.462 e. The fourth-order valence-corrected chi connectivity index (χ4v) is 3.71. The van der Waals surface area contributed by atoms with E-state index >= 15 is 0 Å². The minimum absolute atomic E-state index is 0.0953. The van der Waals surface area contributed by atoms with Gasteiger partial charge >= 0.3 is 11.9 Å². The van der Waals surface area contributed by atoms with Crippen molar-refractivity contribution in [3.63, 3.8) is 0 Å². The molecule has 1 aromatic carbocycles. The smallest absolute Gasteiger partial charge is 0.355 e. The molecule has 6 nitrogen and oxygen atoms in total. The largest absolute Gasteiger partial charge is 0.462 e. The lowest BCUT2D eigenvalue weighted by Crippen LogP contribution is -2.09. The summed E-state index contributed by atoms with van der Waals surface area (Å²) >= 11 is 1.08. The van der Waals surface area contributed by atoms with E-state index in [0.29, 0.717) is 10.3 Å². The summed E-state index contributed by atoms with van der Waals surface area (Å²) in [6.07, 6.45) is 1.41. The molecule has 27 heavy (non-hydrogen) atoms. The van der Waals surface area contributed by atoms with Gasteiger partial charge in [0.05, 0.1) is 6.61 Å². The van der Waals surface area contributed by atoms with Crippen molar-refractivity contribution in [2.24, 2.45) is 0 Å². The molecule has 8 heteroatoms. The minimum atomic E-state index is -0.715. The zero-order chi connectivity index (χ0) is 19.6. The van der Waals surface area contributed by atoms with Gasteiger partial charge in [0.25, 0.3) is 0 Å². The summed E-state index contributed by atoms with van der Waals surface area (Å²) in [7, 11) is 0. The number of carbonyl (C=O) groups is 3. The van der Waals surface area contributed by atoms with Gasteiger partial charge in [-0.1, -0.05) is 6.07 Å². The number of ketones is 1. The van der Waals surface area contributed by atoms with Crippen molar-refractivity contribution in [1.29, 1.82) is 0 Å². The molecule has 0 aliphatic heterocycles. The second kappa shape index (κ2) is 7.71.